The largest absolute Gasteiger partial charge is 0.378 e. The van der Waals surface area contributed by atoms with Crippen molar-refractivity contribution in [3.8, 4) is 0 Å². The van der Waals surface area contributed by atoms with E-state index in [1.807, 2.05) is 24.3 Å². The fraction of sp³-hybridized carbons (Fsp3) is 0.350. The van der Waals surface area contributed by atoms with Gasteiger partial charge in [0.1, 0.15) is 6.54 Å². The number of halogens is 1. The molecule has 1 amide bonds. The van der Waals surface area contributed by atoms with Crippen molar-refractivity contribution in [2.45, 2.75) is 6.54 Å². The lowest BCUT2D eigenvalue weighted by atomic mass is 10.2. The zero-order chi connectivity index (χ0) is 20.9. The second kappa shape index (κ2) is 9.60. The van der Waals surface area contributed by atoms with Gasteiger partial charge in [0.15, 0.2) is 0 Å². The van der Waals surface area contributed by atoms with Crippen molar-refractivity contribution in [1.82, 2.24) is 5.32 Å². The van der Waals surface area contributed by atoms with E-state index in [4.69, 9.17) is 4.74 Å². The van der Waals surface area contributed by atoms with Crippen molar-refractivity contribution in [1.29, 1.82) is 0 Å². The molecule has 0 bridgehead atoms. The van der Waals surface area contributed by atoms with Gasteiger partial charge in [0.05, 0.1) is 25.2 Å². The highest BCUT2D eigenvalue weighted by Crippen LogP contribution is 2.22. The first-order chi connectivity index (χ1) is 13.8. The normalized spacial score (nSPS) is 14.5. The molecule has 156 valence electrons. The molecule has 1 fully saturated rings. The standard InChI is InChI=1S/C20H24BrN3O4S/c1-29(26,27)24(19-4-2-3-17(21)13-19)15-20(25)22-14-16-5-7-18(8-6-16)23-9-11-28-12-10-23/h2-8,13H,9-12,14-15H2,1H3,(H,22,25). The van der Waals surface area contributed by atoms with Gasteiger partial charge in [-0.2, -0.15) is 0 Å². The zero-order valence-electron chi connectivity index (χ0n) is 16.2. The number of sulfonamides is 1. The predicted octanol–water partition coefficient (Wildman–Crippen LogP) is 2.37. The van der Waals surface area contributed by atoms with E-state index < -0.39 is 10.0 Å². The number of anilines is 2. The molecule has 2 aromatic rings. The van der Waals surface area contributed by atoms with Gasteiger partial charge in [0.25, 0.3) is 0 Å². The summed E-state index contributed by atoms with van der Waals surface area (Å²) in [6, 6.07) is 14.8. The monoisotopic (exact) mass is 481 g/mol. The van der Waals surface area contributed by atoms with Crippen LogP contribution in [0, 0.1) is 0 Å². The summed E-state index contributed by atoms with van der Waals surface area (Å²) in [5, 5.41) is 2.79. The summed E-state index contributed by atoms with van der Waals surface area (Å²) in [4.78, 5) is 14.7. The third-order valence-corrected chi connectivity index (χ3v) is 6.22. The van der Waals surface area contributed by atoms with Crippen molar-refractivity contribution in [3.63, 3.8) is 0 Å². The Bertz CT molecular complexity index is 944. The van der Waals surface area contributed by atoms with Gasteiger partial charge in [-0.1, -0.05) is 34.1 Å². The number of carbonyl (C=O) groups excluding carboxylic acids is 1. The van der Waals surface area contributed by atoms with Gasteiger partial charge in [-0.05, 0) is 35.9 Å². The van der Waals surface area contributed by atoms with E-state index in [1.165, 1.54) is 0 Å². The molecule has 0 aromatic heterocycles. The van der Waals surface area contributed by atoms with Crippen LogP contribution in [0.25, 0.3) is 0 Å². The Kier molecular flexibility index (Phi) is 7.15. The number of benzene rings is 2. The summed E-state index contributed by atoms with van der Waals surface area (Å²) in [5.41, 5.74) is 2.51. The van der Waals surface area contributed by atoms with Crippen molar-refractivity contribution >= 4 is 43.2 Å². The molecule has 0 aliphatic carbocycles. The maximum absolute atomic E-state index is 12.4. The molecule has 0 atom stereocenters. The van der Waals surface area contributed by atoms with Crippen LogP contribution < -0.4 is 14.5 Å². The van der Waals surface area contributed by atoms with Crippen LogP contribution in [-0.4, -0.2) is 53.4 Å². The molecule has 1 N–H and O–H groups in total. The molecule has 9 heteroatoms. The molecule has 1 heterocycles. The number of morpholine rings is 1. The smallest absolute Gasteiger partial charge is 0.241 e. The second-order valence-electron chi connectivity index (χ2n) is 6.79. The molecule has 1 saturated heterocycles. The van der Waals surface area contributed by atoms with Crippen LogP contribution in [0.2, 0.25) is 0 Å². The number of nitrogens with one attached hydrogen (secondary N) is 1. The molecule has 0 radical (unpaired) electrons. The Morgan fingerprint density at radius 2 is 1.86 bits per heavy atom. The molecule has 1 aliphatic rings. The minimum Gasteiger partial charge on any atom is -0.378 e. The lowest BCUT2D eigenvalue weighted by Crippen LogP contribution is -2.40. The van der Waals surface area contributed by atoms with Crippen molar-refractivity contribution in [3.05, 3.63) is 58.6 Å². The lowest BCUT2D eigenvalue weighted by Gasteiger charge is -2.29. The number of amides is 1. The molecule has 0 saturated carbocycles. The van der Waals surface area contributed by atoms with E-state index in [0.29, 0.717) is 12.2 Å². The molecular weight excluding hydrogens is 458 g/mol. The third-order valence-electron chi connectivity index (χ3n) is 4.59. The minimum atomic E-state index is -3.59. The first-order valence-electron chi connectivity index (χ1n) is 9.24. The van der Waals surface area contributed by atoms with Crippen LogP contribution in [0.5, 0.6) is 0 Å². The van der Waals surface area contributed by atoms with Gasteiger partial charge in [-0.25, -0.2) is 8.42 Å². The highest BCUT2D eigenvalue weighted by molar-refractivity contribution is 9.10. The summed E-state index contributed by atoms with van der Waals surface area (Å²) >= 11 is 3.33. The van der Waals surface area contributed by atoms with Crippen molar-refractivity contribution in [2.24, 2.45) is 0 Å². The Morgan fingerprint density at radius 1 is 1.17 bits per heavy atom. The van der Waals surface area contributed by atoms with Crippen LogP contribution in [0.4, 0.5) is 11.4 Å². The lowest BCUT2D eigenvalue weighted by molar-refractivity contribution is -0.119. The third kappa shape index (κ3) is 6.19. The Hall–Kier alpha value is -2.10. The fourth-order valence-corrected chi connectivity index (χ4v) is 4.30. The van der Waals surface area contributed by atoms with Gasteiger partial charge >= 0.3 is 0 Å². The number of ether oxygens (including phenoxy) is 1. The van der Waals surface area contributed by atoms with Gasteiger partial charge < -0.3 is 15.0 Å². The van der Waals surface area contributed by atoms with E-state index in [0.717, 1.165) is 52.6 Å². The second-order valence-corrected chi connectivity index (χ2v) is 9.61. The van der Waals surface area contributed by atoms with Crippen molar-refractivity contribution < 1.29 is 17.9 Å². The molecule has 3 rings (SSSR count). The average molecular weight is 482 g/mol. The van der Waals surface area contributed by atoms with Crippen LogP contribution in [0.15, 0.2) is 53.0 Å². The van der Waals surface area contributed by atoms with Gasteiger partial charge in [-0.15, -0.1) is 0 Å². The molecule has 1 aliphatic heterocycles. The predicted molar refractivity (Wildman–Crippen MR) is 118 cm³/mol. The Labute approximate surface area is 179 Å². The Morgan fingerprint density at radius 3 is 2.48 bits per heavy atom. The van der Waals surface area contributed by atoms with E-state index in [2.05, 4.69) is 26.1 Å². The Balaban J connectivity index is 1.59. The maximum atomic E-state index is 12.4. The summed E-state index contributed by atoms with van der Waals surface area (Å²) < 4.78 is 31.5. The minimum absolute atomic E-state index is 0.277. The van der Waals surface area contributed by atoms with Gasteiger partial charge in [0.2, 0.25) is 15.9 Å². The van der Waals surface area contributed by atoms with Gasteiger partial charge in [0, 0.05) is 29.8 Å². The van der Waals surface area contributed by atoms with E-state index >= 15 is 0 Å². The number of hydrogen-bond acceptors (Lipinski definition) is 5. The summed E-state index contributed by atoms with van der Waals surface area (Å²) in [6.45, 7) is 3.25. The van der Waals surface area contributed by atoms with E-state index in [9.17, 15) is 13.2 Å². The zero-order valence-corrected chi connectivity index (χ0v) is 18.6. The van der Waals surface area contributed by atoms with E-state index in [1.54, 1.807) is 24.3 Å². The van der Waals surface area contributed by atoms with E-state index in [-0.39, 0.29) is 12.5 Å². The molecule has 29 heavy (non-hydrogen) atoms. The molecule has 2 aromatic carbocycles. The maximum Gasteiger partial charge on any atom is 0.241 e. The topological polar surface area (TPSA) is 79.0 Å². The first-order valence-corrected chi connectivity index (χ1v) is 11.9. The molecule has 0 spiro atoms. The van der Waals surface area contributed by atoms with Crippen LogP contribution in [0.3, 0.4) is 0 Å². The summed E-state index contributed by atoms with van der Waals surface area (Å²) in [6.07, 6.45) is 1.09. The average Bonchev–Trinajstić information content (AvgIpc) is 2.70. The fourth-order valence-electron chi connectivity index (χ4n) is 3.06. The quantitative estimate of drug-likeness (QED) is 0.656. The number of rotatable bonds is 7. The summed E-state index contributed by atoms with van der Waals surface area (Å²) in [7, 11) is -3.59. The SMILES string of the molecule is CS(=O)(=O)N(CC(=O)NCc1ccc(N2CCOCC2)cc1)c1cccc(Br)c1. The molecular formula is C20H24BrN3O4S. The van der Waals surface area contributed by atoms with Crippen LogP contribution >= 0.6 is 15.9 Å². The molecule has 0 unspecified atom stereocenters. The van der Waals surface area contributed by atoms with Crippen molar-refractivity contribution in [2.75, 3.05) is 48.3 Å². The van der Waals surface area contributed by atoms with Crippen LogP contribution in [-0.2, 0) is 26.1 Å². The molecule has 7 nitrogen and oxygen atoms in total. The number of hydrogen-bond donors (Lipinski definition) is 1. The highest BCUT2D eigenvalue weighted by Gasteiger charge is 2.21. The number of carbonyl (C=O) groups is 1. The highest BCUT2D eigenvalue weighted by atomic mass is 79.9. The van der Waals surface area contributed by atoms with Gasteiger partial charge in [-0.3, -0.25) is 9.10 Å². The van der Waals surface area contributed by atoms with Crippen LogP contribution in [0.1, 0.15) is 5.56 Å². The number of nitrogens with zero attached hydrogens (tertiary/aromatic N) is 2. The summed E-state index contributed by atoms with van der Waals surface area (Å²) in [5.74, 6) is -0.368. The first kappa shape index (κ1) is 21.6.